The third kappa shape index (κ3) is 6.88. The van der Waals surface area contributed by atoms with Gasteiger partial charge in [-0.1, -0.05) is 91.0 Å². The Bertz CT molecular complexity index is 1730. The molecule has 0 aliphatic heterocycles. The molecule has 0 aliphatic rings. The summed E-state index contributed by atoms with van der Waals surface area (Å²) in [6.07, 6.45) is 0. The Morgan fingerprint density at radius 2 is 1.34 bits per heavy atom. The summed E-state index contributed by atoms with van der Waals surface area (Å²) in [4.78, 5) is 15.0. The van der Waals surface area contributed by atoms with Crippen LogP contribution in [0.2, 0.25) is 0 Å². The fourth-order valence-corrected chi connectivity index (χ4v) is 6.84. The van der Waals surface area contributed by atoms with Crippen LogP contribution >= 0.6 is 11.8 Å². The van der Waals surface area contributed by atoms with E-state index in [1.807, 2.05) is 67.6 Å². The summed E-state index contributed by atoms with van der Waals surface area (Å²) < 4.78 is 29.1. The highest BCUT2D eigenvalue weighted by Crippen LogP contribution is 2.31. The molecule has 0 aromatic heterocycles. The van der Waals surface area contributed by atoms with Crippen LogP contribution in [-0.4, -0.2) is 14.3 Å². The predicted octanol–water partition coefficient (Wildman–Crippen LogP) is 7.94. The second-order valence-electron chi connectivity index (χ2n) is 9.53. The van der Waals surface area contributed by atoms with E-state index in [1.54, 1.807) is 66.4 Å². The van der Waals surface area contributed by atoms with Gasteiger partial charge in [0.15, 0.2) is 0 Å². The molecule has 0 saturated heterocycles. The molecule has 0 bridgehead atoms. The zero-order valence-corrected chi connectivity index (χ0v) is 24.2. The van der Waals surface area contributed by atoms with Gasteiger partial charge in [0.1, 0.15) is 0 Å². The van der Waals surface area contributed by atoms with Crippen molar-refractivity contribution in [2.75, 3.05) is 9.62 Å². The minimum Gasteiger partial charge on any atom is -0.322 e. The SMILES string of the molecule is Cc1cc(CSc2ccccc2)ccc1NC(=O)c1ccccc1N(Cc1ccccc1)S(=O)(=O)c1ccccc1. The Kier molecular flexibility index (Phi) is 8.87. The number of benzene rings is 5. The third-order valence-electron chi connectivity index (χ3n) is 6.61. The van der Waals surface area contributed by atoms with Crippen molar-refractivity contribution in [3.8, 4) is 0 Å². The lowest BCUT2D eigenvalue weighted by atomic mass is 10.1. The molecule has 206 valence electrons. The van der Waals surface area contributed by atoms with Crippen LogP contribution in [0.5, 0.6) is 0 Å². The first-order valence-corrected chi connectivity index (χ1v) is 15.6. The minimum atomic E-state index is -3.97. The normalized spacial score (nSPS) is 11.1. The summed E-state index contributed by atoms with van der Waals surface area (Å²) in [5.74, 6) is 0.435. The molecular formula is C34H30N2O3S2. The van der Waals surface area contributed by atoms with Crippen LogP contribution in [0.1, 0.15) is 27.0 Å². The average molecular weight is 579 g/mol. The second-order valence-corrected chi connectivity index (χ2v) is 12.4. The van der Waals surface area contributed by atoms with Gasteiger partial charge >= 0.3 is 0 Å². The third-order valence-corrected chi connectivity index (χ3v) is 9.46. The van der Waals surface area contributed by atoms with Crippen molar-refractivity contribution in [3.63, 3.8) is 0 Å². The number of nitrogens with one attached hydrogen (secondary N) is 1. The lowest BCUT2D eigenvalue weighted by molar-refractivity contribution is 0.102. The van der Waals surface area contributed by atoms with Crippen molar-refractivity contribution >= 4 is 39.1 Å². The molecule has 5 rings (SSSR count). The van der Waals surface area contributed by atoms with Gasteiger partial charge in [0.2, 0.25) is 0 Å². The molecule has 0 unspecified atom stereocenters. The van der Waals surface area contributed by atoms with Gasteiger partial charge in [0.25, 0.3) is 15.9 Å². The smallest absolute Gasteiger partial charge is 0.264 e. The maximum Gasteiger partial charge on any atom is 0.264 e. The Balaban J connectivity index is 1.43. The van der Waals surface area contributed by atoms with Crippen LogP contribution in [0.4, 0.5) is 11.4 Å². The van der Waals surface area contributed by atoms with Crippen LogP contribution in [0.25, 0.3) is 0 Å². The lowest BCUT2D eigenvalue weighted by Crippen LogP contribution is -2.32. The number of anilines is 2. The molecule has 0 aliphatic carbocycles. The van der Waals surface area contributed by atoms with Crippen molar-refractivity contribution in [1.29, 1.82) is 0 Å². The van der Waals surface area contributed by atoms with Gasteiger partial charge in [-0.3, -0.25) is 9.10 Å². The molecular weight excluding hydrogens is 549 g/mol. The maximum atomic E-state index is 13.9. The largest absolute Gasteiger partial charge is 0.322 e. The highest BCUT2D eigenvalue weighted by Gasteiger charge is 2.28. The van der Waals surface area contributed by atoms with Gasteiger partial charge in [-0.15, -0.1) is 11.8 Å². The van der Waals surface area contributed by atoms with E-state index in [-0.39, 0.29) is 22.9 Å². The van der Waals surface area contributed by atoms with Gasteiger partial charge < -0.3 is 5.32 Å². The molecule has 41 heavy (non-hydrogen) atoms. The molecule has 0 radical (unpaired) electrons. The van der Waals surface area contributed by atoms with E-state index in [2.05, 4.69) is 23.5 Å². The Labute approximate surface area is 245 Å². The van der Waals surface area contributed by atoms with E-state index < -0.39 is 10.0 Å². The molecule has 1 N–H and O–H groups in total. The van der Waals surface area contributed by atoms with Crippen molar-refractivity contribution in [3.05, 3.63) is 156 Å². The number of amides is 1. The monoisotopic (exact) mass is 578 g/mol. The number of nitrogens with zero attached hydrogens (tertiary/aromatic N) is 1. The maximum absolute atomic E-state index is 13.9. The van der Waals surface area contributed by atoms with E-state index in [4.69, 9.17) is 0 Å². The highest BCUT2D eigenvalue weighted by molar-refractivity contribution is 7.98. The highest BCUT2D eigenvalue weighted by atomic mass is 32.2. The number of rotatable bonds is 10. The molecule has 5 aromatic rings. The predicted molar refractivity (Wildman–Crippen MR) is 168 cm³/mol. The Morgan fingerprint density at radius 1 is 0.732 bits per heavy atom. The molecule has 1 amide bonds. The van der Waals surface area contributed by atoms with E-state index in [0.29, 0.717) is 11.4 Å². The first kappa shape index (κ1) is 28.2. The number of carbonyl (C=O) groups is 1. The van der Waals surface area contributed by atoms with Crippen LogP contribution in [0.3, 0.4) is 0 Å². The molecule has 0 heterocycles. The zero-order chi connectivity index (χ0) is 28.7. The van der Waals surface area contributed by atoms with Gasteiger partial charge in [-0.25, -0.2) is 8.42 Å². The standard InChI is InChI=1S/C34H30N2O3S2/c1-26-23-28(25-40-29-15-7-3-8-16-29)21-22-32(26)35-34(37)31-19-11-12-20-33(31)36(24-27-13-5-2-6-14-27)41(38,39)30-17-9-4-10-18-30/h2-23H,24-25H2,1H3,(H,35,37). The van der Waals surface area contributed by atoms with Crippen LogP contribution in [0, 0.1) is 6.92 Å². The fourth-order valence-electron chi connectivity index (χ4n) is 4.48. The van der Waals surface area contributed by atoms with Crippen molar-refractivity contribution < 1.29 is 13.2 Å². The van der Waals surface area contributed by atoms with Crippen LogP contribution < -0.4 is 9.62 Å². The summed E-state index contributed by atoms with van der Waals surface area (Å²) in [5.41, 5.74) is 4.15. The van der Waals surface area contributed by atoms with E-state index in [0.717, 1.165) is 22.4 Å². The number of aryl methyl sites for hydroxylation is 1. The topological polar surface area (TPSA) is 66.5 Å². The number of thioether (sulfide) groups is 1. The minimum absolute atomic E-state index is 0.0785. The van der Waals surface area contributed by atoms with E-state index in [9.17, 15) is 13.2 Å². The quantitative estimate of drug-likeness (QED) is 0.171. The first-order chi connectivity index (χ1) is 19.9. The second kappa shape index (κ2) is 12.9. The van der Waals surface area contributed by atoms with Crippen LogP contribution in [0.15, 0.2) is 143 Å². The molecule has 5 aromatic carbocycles. The molecule has 7 heteroatoms. The van der Waals surface area contributed by atoms with Crippen molar-refractivity contribution in [2.24, 2.45) is 0 Å². The number of hydrogen-bond donors (Lipinski definition) is 1. The van der Waals surface area contributed by atoms with Crippen molar-refractivity contribution in [2.45, 2.75) is 29.0 Å². The molecule has 0 spiro atoms. The fraction of sp³-hybridized carbons (Fsp3) is 0.0882. The number of sulfonamides is 1. The summed E-state index contributed by atoms with van der Waals surface area (Å²) >= 11 is 1.76. The lowest BCUT2D eigenvalue weighted by Gasteiger charge is -2.26. The number of carbonyl (C=O) groups excluding carboxylic acids is 1. The van der Waals surface area contributed by atoms with Crippen molar-refractivity contribution in [1.82, 2.24) is 0 Å². The molecule has 5 nitrogen and oxygen atoms in total. The summed E-state index contributed by atoms with van der Waals surface area (Å²) in [6.45, 7) is 2.04. The van der Waals surface area contributed by atoms with E-state index >= 15 is 0 Å². The van der Waals surface area contributed by atoms with Crippen LogP contribution in [-0.2, 0) is 22.3 Å². The number of hydrogen-bond acceptors (Lipinski definition) is 4. The summed E-state index contributed by atoms with van der Waals surface area (Å²) in [5, 5.41) is 3.01. The van der Waals surface area contributed by atoms with Gasteiger partial charge in [0, 0.05) is 16.3 Å². The summed E-state index contributed by atoms with van der Waals surface area (Å²) in [6, 6.07) is 40.7. The van der Waals surface area contributed by atoms with Gasteiger partial charge in [0.05, 0.1) is 22.7 Å². The Hall–Kier alpha value is -4.33. The molecule has 0 atom stereocenters. The zero-order valence-electron chi connectivity index (χ0n) is 22.6. The van der Waals surface area contributed by atoms with Gasteiger partial charge in [-0.2, -0.15) is 0 Å². The number of para-hydroxylation sites is 1. The molecule has 0 fully saturated rings. The van der Waals surface area contributed by atoms with Gasteiger partial charge in [-0.05, 0) is 66.1 Å². The molecule has 0 saturated carbocycles. The average Bonchev–Trinajstić information content (AvgIpc) is 3.01. The first-order valence-electron chi connectivity index (χ1n) is 13.2. The van der Waals surface area contributed by atoms with E-state index in [1.165, 1.54) is 9.20 Å². The Morgan fingerprint density at radius 3 is 2.02 bits per heavy atom. The summed E-state index contributed by atoms with van der Waals surface area (Å²) in [7, 11) is -3.97.